The molecule has 4 aromatic rings. The number of hydrogen-bond donors (Lipinski definition) is 2. The van der Waals surface area contributed by atoms with E-state index in [2.05, 4.69) is 58.6 Å². The maximum Gasteiger partial charge on any atom is 0.0732 e. The van der Waals surface area contributed by atoms with E-state index in [1.165, 1.54) is 10.8 Å². The van der Waals surface area contributed by atoms with E-state index in [0.717, 1.165) is 22.3 Å². The summed E-state index contributed by atoms with van der Waals surface area (Å²) in [5.41, 5.74) is 4.48. The van der Waals surface area contributed by atoms with Crippen LogP contribution in [-0.2, 0) is 0 Å². The van der Waals surface area contributed by atoms with E-state index in [9.17, 15) is 0 Å². The first-order valence-corrected chi connectivity index (χ1v) is 5.98. The van der Waals surface area contributed by atoms with Gasteiger partial charge in [-0.05, 0) is 18.2 Å². The number of nitrogens with one attached hydrogen (secondary N) is 2. The molecule has 0 aliphatic rings. The quantitative estimate of drug-likeness (QED) is 0.494. The monoisotopic (exact) mass is 231 g/mol. The Morgan fingerprint density at radius 3 is 2.50 bits per heavy atom. The molecule has 2 heterocycles. The molecule has 2 heteroatoms. The third-order valence-electron chi connectivity index (χ3n) is 3.32. The lowest BCUT2D eigenvalue weighted by Gasteiger charge is -1.94. The van der Waals surface area contributed by atoms with Crippen molar-refractivity contribution in [3.8, 4) is 11.3 Å². The molecule has 2 aromatic carbocycles. The number of H-pyrrole nitrogens is 2. The highest BCUT2D eigenvalue weighted by Gasteiger charge is 2.08. The van der Waals surface area contributed by atoms with Crippen LogP contribution in [0.4, 0.5) is 0 Å². The number of aromatic amines is 2. The summed E-state index contributed by atoms with van der Waals surface area (Å²) in [6.07, 6.45) is 3.23. The molecule has 1 radical (unpaired) electrons. The van der Waals surface area contributed by atoms with Crippen LogP contribution in [0.15, 0.2) is 54.6 Å². The van der Waals surface area contributed by atoms with Crippen LogP contribution in [0.2, 0.25) is 0 Å². The minimum Gasteiger partial charge on any atom is -0.354 e. The molecule has 4 rings (SSSR count). The van der Waals surface area contributed by atoms with Crippen molar-refractivity contribution in [2.75, 3.05) is 0 Å². The summed E-state index contributed by atoms with van der Waals surface area (Å²) in [5.74, 6) is 0. The Morgan fingerprint density at radius 2 is 1.61 bits per heavy atom. The Hall–Kier alpha value is -2.48. The van der Waals surface area contributed by atoms with E-state index in [4.69, 9.17) is 0 Å². The van der Waals surface area contributed by atoms with Crippen LogP contribution in [0.5, 0.6) is 0 Å². The molecule has 0 atom stereocenters. The van der Waals surface area contributed by atoms with Crippen LogP contribution in [0.1, 0.15) is 0 Å². The van der Waals surface area contributed by atoms with Gasteiger partial charge in [-0.1, -0.05) is 36.4 Å². The smallest absolute Gasteiger partial charge is 0.0732 e. The third kappa shape index (κ3) is 1.29. The summed E-state index contributed by atoms with van der Waals surface area (Å²) < 4.78 is 0. The van der Waals surface area contributed by atoms with E-state index < -0.39 is 0 Å². The highest BCUT2D eigenvalue weighted by Crippen LogP contribution is 2.29. The van der Waals surface area contributed by atoms with Crippen LogP contribution in [0.3, 0.4) is 0 Å². The zero-order valence-corrected chi connectivity index (χ0v) is 9.70. The summed E-state index contributed by atoms with van der Waals surface area (Å²) in [6, 6.07) is 18.7. The average molecular weight is 231 g/mol. The molecule has 0 saturated carbocycles. The predicted octanol–water partition coefficient (Wildman–Crippen LogP) is 4.12. The minimum atomic E-state index is 1.10. The SMILES string of the molecule is [c]1[nH]c2ccccc2c1-c1cc2ccccc2[nH]1. The van der Waals surface area contributed by atoms with Crippen LogP contribution >= 0.6 is 0 Å². The largest absolute Gasteiger partial charge is 0.354 e. The lowest BCUT2D eigenvalue weighted by atomic mass is 10.1. The standard InChI is InChI=1S/C16H11N2/c1-3-7-14-11(5-1)9-16(18-14)13-10-17-15-8-4-2-6-12(13)15/h1-9,17-18H. The minimum absolute atomic E-state index is 1.10. The van der Waals surface area contributed by atoms with Crippen molar-refractivity contribution in [3.05, 3.63) is 60.8 Å². The van der Waals surface area contributed by atoms with E-state index >= 15 is 0 Å². The summed E-state index contributed by atoms with van der Waals surface area (Å²) in [5, 5.41) is 2.43. The van der Waals surface area contributed by atoms with Gasteiger partial charge in [-0.25, -0.2) is 0 Å². The fourth-order valence-corrected chi connectivity index (χ4v) is 2.43. The van der Waals surface area contributed by atoms with Crippen molar-refractivity contribution in [1.82, 2.24) is 9.97 Å². The van der Waals surface area contributed by atoms with Gasteiger partial charge in [-0.3, -0.25) is 0 Å². The molecule has 0 amide bonds. The average Bonchev–Trinajstić information content (AvgIpc) is 3.02. The predicted molar refractivity (Wildman–Crippen MR) is 74.4 cm³/mol. The lowest BCUT2D eigenvalue weighted by Crippen LogP contribution is -1.73. The lowest BCUT2D eigenvalue weighted by molar-refractivity contribution is 1.42. The van der Waals surface area contributed by atoms with Crippen LogP contribution in [-0.4, -0.2) is 9.97 Å². The normalized spacial score (nSPS) is 11.3. The molecular formula is C16H11N2. The molecule has 0 aliphatic carbocycles. The van der Waals surface area contributed by atoms with Crippen LogP contribution in [0, 0.1) is 6.20 Å². The van der Waals surface area contributed by atoms with E-state index in [1.807, 2.05) is 12.1 Å². The molecule has 2 aromatic heterocycles. The Balaban J connectivity index is 2.01. The molecule has 2 nitrogen and oxygen atoms in total. The van der Waals surface area contributed by atoms with Crippen molar-refractivity contribution in [1.29, 1.82) is 0 Å². The second-order valence-electron chi connectivity index (χ2n) is 4.44. The number of para-hydroxylation sites is 2. The van der Waals surface area contributed by atoms with Crippen molar-refractivity contribution in [2.45, 2.75) is 0 Å². The molecule has 0 aliphatic heterocycles. The number of aromatic nitrogens is 2. The first-order chi connectivity index (χ1) is 8.92. The molecule has 2 N–H and O–H groups in total. The Bertz CT molecular complexity index is 803. The maximum atomic E-state index is 3.44. The second kappa shape index (κ2) is 3.50. The third-order valence-corrected chi connectivity index (χ3v) is 3.32. The van der Waals surface area contributed by atoms with Gasteiger partial charge < -0.3 is 9.97 Å². The first kappa shape index (κ1) is 9.54. The maximum absolute atomic E-state index is 3.44. The van der Waals surface area contributed by atoms with E-state index in [0.29, 0.717) is 0 Å². The molecule has 0 unspecified atom stereocenters. The topological polar surface area (TPSA) is 31.6 Å². The fourth-order valence-electron chi connectivity index (χ4n) is 2.43. The van der Waals surface area contributed by atoms with Gasteiger partial charge in [0.25, 0.3) is 0 Å². The van der Waals surface area contributed by atoms with E-state index in [-0.39, 0.29) is 0 Å². The number of rotatable bonds is 1. The van der Waals surface area contributed by atoms with Gasteiger partial charge >= 0.3 is 0 Å². The number of hydrogen-bond acceptors (Lipinski definition) is 0. The summed E-state index contributed by atoms with van der Waals surface area (Å²) in [7, 11) is 0. The molecule has 18 heavy (non-hydrogen) atoms. The van der Waals surface area contributed by atoms with Crippen LogP contribution in [0.25, 0.3) is 33.1 Å². The fraction of sp³-hybridized carbons (Fsp3) is 0. The number of benzene rings is 2. The van der Waals surface area contributed by atoms with Crippen molar-refractivity contribution < 1.29 is 0 Å². The Kier molecular flexibility index (Phi) is 1.86. The van der Waals surface area contributed by atoms with E-state index in [1.54, 1.807) is 0 Å². The highest BCUT2D eigenvalue weighted by molar-refractivity contribution is 5.97. The molecular weight excluding hydrogens is 220 g/mol. The Labute approximate surface area is 104 Å². The van der Waals surface area contributed by atoms with Gasteiger partial charge in [0, 0.05) is 33.1 Å². The molecule has 0 fully saturated rings. The van der Waals surface area contributed by atoms with Crippen molar-refractivity contribution in [2.24, 2.45) is 0 Å². The summed E-state index contributed by atoms with van der Waals surface area (Å²) >= 11 is 0. The van der Waals surface area contributed by atoms with Gasteiger partial charge in [-0.15, -0.1) is 0 Å². The molecule has 0 spiro atoms. The van der Waals surface area contributed by atoms with Crippen molar-refractivity contribution in [3.63, 3.8) is 0 Å². The molecule has 85 valence electrons. The van der Waals surface area contributed by atoms with Gasteiger partial charge in [0.15, 0.2) is 0 Å². The molecule has 0 bridgehead atoms. The highest BCUT2D eigenvalue weighted by atomic mass is 14.7. The van der Waals surface area contributed by atoms with Gasteiger partial charge in [0.1, 0.15) is 0 Å². The second-order valence-corrected chi connectivity index (χ2v) is 4.44. The zero-order valence-electron chi connectivity index (χ0n) is 9.70. The van der Waals surface area contributed by atoms with Crippen LogP contribution < -0.4 is 0 Å². The van der Waals surface area contributed by atoms with Crippen molar-refractivity contribution >= 4 is 21.8 Å². The summed E-state index contributed by atoms with van der Waals surface area (Å²) in [4.78, 5) is 6.62. The van der Waals surface area contributed by atoms with Gasteiger partial charge in [-0.2, -0.15) is 0 Å². The molecule has 0 saturated heterocycles. The van der Waals surface area contributed by atoms with Gasteiger partial charge in [0.05, 0.1) is 6.20 Å². The number of fused-ring (bicyclic) bond motifs is 2. The Morgan fingerprint density at radius 1 is 0.833 bits per heavy atom. The van der Waals surface area contributed by atoms with Gasteiger partial charge in [0.2, 0.25) is 0 Å². The first-order valence-electron chi connectivity index (χ1n) is 5.98. The summed E-state index contributed by atoms with van der Waals surface area (Å²) in [6.45, 7) is 0. The zero-order chi connectivity index (χ0) is 11.9.